The Bertz CT molecular complexity index is 362. The fourth-order valence-corrected chi connectivity index (χ4v) is 1.92. The van der Waals surface area contributed by atoms with E-state index in [1.54, 1.807) is 6.92 Å². The van der Waals surface area contributed by atoms with E-state index in [-0.39, 0.29) is 6.10 Å². The summed E-state index contributed by atoms with van der Waals surface area (Å²) >= 11 is 0. The molecule has 0 aliphatic heterocycles. The molecule has 0 aliphatic carbocycles. The molecule has 3 atom stereocenters. The second kappa shape index (κ2) is 8.98. The molecule has 0 heterocycles. The molecule has 0 spiro atoms. The van der Waals surface area contributed by atoms with Crippen molar-refractivity contribution in [2.45, 2.75) is 65.2 Å². The van der Waals surface area contributed by atoms with Crippen LogP contribution in [-0.4, -0.2) is 29.9 Å². The second-order valence-electron chi connectivity index (χ2n) is 5.60. The van der Waals surface area contributed by atoms with Crippen LogP contribution in [0.5, 0.6) is 5.75 Å². The Kier molecular flexibility index (Phi) is 7.63. The number of aliphatic hydroxyl groups excluding tert-OH is 1. The molecule has 1 rings (SSSR count). The normalized spacial score (nSPS) is 15.7. The summed E-state index contributed by atoms with van der Waals surface area (Å²) in [5.74, 6) is 0.819. The third kappa shape index (κ3) is 6.40. The third-order valence-electron chi connectivity index (χ3n) is 3.53. The lowest BCUT2D eigenvalue weighted by Crippen LogP contribution is -2.27. The van der Waals surface area contributed by atoms with Gasteiger partial charge in [-0.1, -0.05) is 19.1 Å². The van der Waals surface area contributed by atoms with Crippen molar-refractivity contribution in [1.29, 1.82) is 0 Å². The zero-order valence-electron chi connectivity index (χ0n) is 13.2. The van der Waals surface area contributed by atoms with E-state index in [1.165, 1.54) is 12.0 Å². The smallest absolute Gasteiger partial charge is 0.121 e. The molecular formula is C17H29NO2. The van der Waals surface area contributed by atoms with E-state index in [0.29, 0.717) is 6.04 Å². The maximum Gasteiger partial charge on any atom is 0.121 e. The largest absolute Gasteiger partial charge is 0.488 e. The number of aliphatic hydroxyl groups is 1. The number of hydrogen-bond acceptors (Lipinski definition) is 3. The Hall–Kier alpha value is -1.06. The van der Waals surface area contributed by atoms with E-state index in [4.69, 9.17) is 4.74 Å². The van der Waals surface area contributed by atoms with Gasteiger partial charge in [-0.05, 0) is 64.3 Å². The lowest BCUT2D eigenvalue weighted by molar-refractivity contribution is 0.0604. The van der Waals surface area contributed by atoms with E-state index >= 15 is 0 Å². The summed E-state index contributed by atoms with van der Waals surface area (Å²) in [7, 11) is 0. The van der Waals surface area contributed by atoms with E-state index in [0.717, 1.165) is 25.1 Å². The highest BCUT2D eigenvalue weighted by atomic mass is 16.5. The Morgan fingerprint density at radius 2 is 1.80 bits per heavy atom. The predicted octanol–water partition coefficient (Wildman–Crippen LogP) is 3.16. The van der Waals surface area contributed by atoms with Gasteiger partial charge in [-0.25, -0.2) is 0 Å². The Morgan fingerprint density at radius 1 is 1.15 bits per heavy atom. The first-order chi connectivity index (χ1) is 9.52. The lowest BCUT2D eigenvalue weighted by atomic mass is 10.1. The lowest BCUT2D eigenvalue weighted by Gasteiger charge is -2.17. The average molecular weight is 279 g/mol. The molecule has 2 N–H and O–H groups in total. The molecule has 0 radical (unpaired) electrons. The zero-order valence-corrected chi connectivity index (χ0v) is 13.2. The van der Waals surface area contributed by atoms with Crippen molar-refractivity contribution >= 4 is 0 Å². The molecule has 3 nitrogen and oxygen atoms in total. The molecular weight excluding hydrogens is 250 g/mol. The van der Waals surface area contributed by atoms with Gasteiger partial charge in [-0.2, -0.15) is 0 Å². The van der Waals surface area contributed by atoms with Crippen LogP contribution in [0.3, 0.4) is 0 Å². The second-order valence-corrected chi connectivity index (χ2v) is 5.60. The van der Waals surface area contributed by atoms with Gasteiger partial charge >= 0.3 is 0 Å². The first-order valence-electron chi connectivity index (χ1n) is 7.70. The number of rotatable bonds is 9. The highest BCUT2D eigenvalue weighted by molar-refractivity contribution is 5.27. The van der Waals surface area contributed by atoms with E-state index in [1.807, 2.05) is 19.1 Å². The van der Waals surface area contributed by atoms with Crippen molar-refractivity contribution in [2.24, 2.45) is 0 Å². The number of ether oxygens (including phenoxy) is 1. The average Bonchev–Trinajstić information content (AvgIpc) is 2.44. The van der Waals surface area contributed by atoms with Crippen LogP contribution >= 0.6 is 0 Å². The van der Waals surface area contributed by atoms with Gasteiger partial charge in [-0.15, -0.1) is 0 Å². The fourth-order valence-electron chi connectivity index (χ4n) is 1.92. The number of hydrogen-bond donors (Lipinski definition) is 2. The molecule has 0 fully saturated rings. The molecule has 0 aromatic heterocycles. The summed E-state index contributed by atoms with van der Waals surface area (Å²) in [6, 6.07) is 8.74. The van der Waals surface area contributed by atoms with Crippen molar-refractivity contribution in [2.75, 3.05) is 6.54 Å². The number of aryl methyl sites for hydroxylation is 1. The Labute approximate surface area is 123 Å². The fraction of sp³-hybridized carbons (Fsp3) is 0.647. The minimum Gasteiger partial charge on any atom is -0.488 e. The van der Waals surface area contributed by atoms with Crippen LogP contribution in [0.2, 0.25) is 0 Å². The van der Waals surface area contributed by atoms with E-state index < -0.39 is 6.10 Å². The van der Waals surface area contributed by atoms with Crippen molar-refractivity contribution < 1.29 is 9.84 Å². The van der Waals surface area contributed by atoms with Crippen molar-refractivity contribution in [1.82, 2.24) is 5.32 Å². The van der Waals surface area contributed by atoms with Crippen LogP contribution in [-0.2, 0) is 6.42 Å². The highest BCUT2D eigenvalue weighted by Gasteiger charge is 2.10. The first-order valence-corrected chi connectivity index (χ1v) is 7.70. The molecule has 1 aromatic carbocycles. The Morgan fingerprint density at radius 3 is 2.35 bits per heavy atom. The molecule has 0 saturated heterocycles. The van der Waals surface area contributed by atoms with E-state index in [9.17, 15) is 5.11 Å². The monoisotopic (exact) mass is 279 g/mol. The van der Waals surface area contributed by atoms with Crippen LogP contribution < -0.4 is 10.1 Å². The van der Waals surface area contributed by atoms with Crippen LogP contribution in [0.15, 0.2) is 24.3 Å². The van der Waals surface area contributed by atoms with Gasteiger partial charge in [0, 0.05) is 6.04 Å². The summed E-state index contributed by atoms with van der Waals surface area (Å²) in [5, 5.41) is 12.9. The molecule has 20 heavy (non-hydrogen) atoms. The summed E-state index contributed by atoms with van der Waals surface area (Å²) in [4.78, 5) is 0. The quantitative estimate of drug-likeness (QED) is 0.729. The van der Waals surface area contributed by atoms with Crippen LogP contribution in [0.25, 0.3) is 0 Å². The molecule has 1 aromatic rings. The standard InChI is InChI=1S/C17H29NO2/c1-5-12-18-13(2)6-7-16-8-10-17(11-9-16)20-15(4)14(3)19/h8-11,13-15,18-19H,5-7,12H2,1-4H3. The van der Waals surface area contributed by atoms with Gasteiger partial charge in [0.2, 0.25) is 0 Å². The van der Waals surface area contributed by atoms with Gasteiger partial charge in [0.15, 0.2) is 0 Å². The molecule has 0 amide bonds. The topological polar surface area (TPSA) is 41.5 Å². The maximum absolute atomic E-state index is 9.42. The maximum atomic E-state index is 9.42. The third-order valence-corrected chi connectivity index (χ3v) is 3.53. The molecule has 3 unspecified atom stereocenters. The van der Waals surface area contributed by atoms with Crippen molar-refractivity contribution in [3.05, 3.63) is 29.8 Å². The highest BCUT2D eigenvalue weighted by Crippen LogP contribution is 2.16. The zero-order chi connectivity index (χ0) is 15.0. The van der Waals surface area contributed by atoms with Gasteiger partial charge in [0.05, 0.1) is 6.10 Å². The molecule has 0 saturated carbocycles. The minimum atomic E-state index is -0.458. The van der Waals surface area contributed by atoms with Gasteiger partial charge < -0.3 is 15.2 Å². The van der Waals surface area contributed by atoms with Gasteiger partial charge in [0.25, 0.3) is 0 Å². The van der Waals surface area contributed by atoms with Crippen molar-refractivity contribution in [3.8, 4) is 5.75 Å². The summed E-state index contributed by atoms with van der Waals surface area (Å²) in [5.41, 5.74) is 1.33. The summed E-state index contributed by atoms with van der Waals surface area (Å²) in [6.07, 6.45) is 2.76. The Balaban J connectivity index is 2.38. The van der Waals surface area contributed by atoms with Crippen molar-refractivity contribution in [3.63, 3.8) is 0 Å². The first kappa shape index (κ1) is 17.0. The van der Waals surface area contributed by atoms with Crippen LogP contribution in [0, 0.1) is 0 Å². The van der Waals surface area contributed by atoms with Gasteiger partial charge in [0.1, 0.15) is 11.9 Å². The molecule has 0 aliphatic rings. The van der Waals surface area contributed by atoms with Crippen LogP contribution in [0.1, 0.15) is 46.1 Å². The van der Waals surface area contributed by atoms with E-state index in [2.05, 4.69) is 31.3 Å². The SMILES string of the molecule is CCCNC(C)CCc1ccc(OC(C)C(C)O)cc1. The minimum absolute atomic E-state index is 0.181. The molecule has 114 valence electrons. The number of benzene rings is 1. The molecule has 0 bridgehead atoms. The molecule has 3 heteroatoms. The number of nitrogens with one attached hydrogen (secondary N) is 1. The summed E-state index contributed by atoms with van der Waals surface area (Å²) < 4.78 is 5.65. The summed E-state index contributed by atoms with van der Waals surface area (Å²) in [6.45, 7) is 9.12. The van der Waals surface area contributed by atoms with Crippen LogP contribution in [0.4, 0.5) is 0 Å². The van der Waals surface area contributed by atoms with Gasteiger partial charge in [-0.3, -0.25) is 0 Å². The predicted molar refractivity (Wildman–Crippen MR) is 84.3 cm³/mol.